The molecule has 21 heavy (non-hydrogen) atoms. The van der Waals surface area contributed by atoms with Crippen LogP contribution in [0.25, 0.3) is 5.69 Å². The molecule has 3 aromatic rings. The number of anilines is 1. The van der Waals surface area contributed by atoms with Crippen LogP contribution in [0.15, 0.2) is 65.4 Å². The molecular weight excluding hydrogens is 333 g/mol. The predicted octanol–water partition coefficient (Wildman–Crippen LogP) is 4.39. The lowest BCUT2D eigenvalue weighted by Crippen LogP contribution is -2.01. The van der Waals surface area contributed by atoms with Gasteiger partial charge in [-0.25, -0.2) is 9.07 Å². The molecule has 0 fully saturated rings. The Balaban J connectivity index is 1.70. The minimum atomic E-state index is -0.232. The second-order valence-electron chi connectivity index (χ2n) is 4.59. The van der Waals surface area contributed by atoms with Gasteiger partial charge in [-0.05, 0) is 54.1 Å². The molecule has 0 bridgehead atoms. The molecule has 5 heteroatoms. The maximum Gasteiger partial charge on any atom is 0.123 e. The van der Waals surface area contributed by atoms with E-state index in [-0.39, 0.29) is 5.82 Å². The lowest BCUT2D eigenvalue weighted by Gasteiger charge is -2.09. The molecule has 0 radical (unpaired) electrons. The van der Waals surface area contributed by atoms with Gasteiger partial charge in [0.25, 0.3) is 0 Å². The second-order valence-corrected chi connectivity index (χ2v) is 5.44. The third-order valence-corrected chi connectivity index (χ3v) is 3.90. The fourth-order valence-electron chi connectivity index (χ4n) is 2.03. The molecule has 1 aromatic heterocycles. The van der Waals surface area contributed by atoms with Crippen molar-refractivity contribution in [2.45, 2.75) is 6.54 Å². The van der Waals surface area contributed by atoms with Crippen molar-refractivity contribution in [1.29, 1.82) is 0 Å². The zero-order chi connectivity index (χ0) is 14.7. The first-order valence-corrected chi connectivity index (χ1v) is 7.29. The summed E-state index contributed by atoms with van der Waals surface area (Å²) in [6.45, 7) is 0.555. The van der Waals surface area contributed by atoms with Gasteiger partial charge in [-0.1, -0.05) is 15.9 Å². The summed E-state index contributed by atoms with van der Waals surface area (Å²) in [6, 6.07) is 14.5. The van der Waals surface area contributed by atoms with E-state index in [0.717, 1.165) is 21.4 Å². The van der Waals surface area contributed by atoms with E-state index in [1.807, 2.05) is 36.5 Å². The Kier molecular flexibility index (Phi) is 4.01. The number of nitrogens with one attached hydrogen (secondary N) is 1. The Morgan fingerprint density at radius 1 is 1.14 bits per heavy atom. The Labute approximate surface area is 130 Å². The van der Waals surface area contributed by atoms with Gasteiger partial charge >= 0.3 is 0 Å². The first-order valence-electron chi connectivity index (χ1n) is 6.50. The predicted molar refractivity (Wildman–Crippen MR) is 85.0 cm³/mol. The Bertz CT molecular complexity index is 724. The van der Waals surface area contributed by atoms with Gasteiger partial charge in [0.05, 0.1) is 5.69 Å². The highest BCUT2D eigenvalue weighted by Crippen LogP contribution is 2.20. The van der Waals surface area contributed by atoms with Crippen LogP contribution in [0.3, 0.4) is 0 Å². The highest BCUT2D eigenvalue weighted by atomic mass is 79.9. The Morgan fingerprint density at radius 2 is 1.95 bits per heavy atom. The first kappa shape index (κ1) is 13.8. The molecule has 3 rings (SSSR count). The normalized spacial score (nSPS) is 10.6. The quantitative estimate of drug-likeness (QED) is 0.760. The van der Waals surface area contributed by atoms with Crippen LogP contribution in [0, 0.1) is 5.82 Å². The number of aromatic nitrogens is 2. The molecule has 0 atom stereocenters. The molecule has 1 heterocycles. The molecular formula is C16H13BrFN3. The standard InChI is InChI=1S/C16H13BrFN3/c17-16-7-2-13(18)10-12(16)11-19-14-3-5-15(6-4-14)21-9-1-8-20-21/h1-10,19H,11H2. The summed E-state index contributed by atoms with van der Waals surface area (Å²) in [5.41, 5.74) is 2.85. The zero-order valence-corrected chi connectivity index (χ0v) is 12.7. The molecule has 0 saturated carbocycles. The van der Waals surface area contributed by atoms with E-state index in [1.54, 1.807) is 16.9 Å². The molecule has 1 N–H and O–H groups in total. The average molecular weight is 346 g/mol. The third kappa shape index (κ3) is 3.31. The van der Waals surface area contributed by atoms with Gasteiger partial charge in [0.15, 0.2) is 0 Å². The van der Waals surface area contributed by atoms with Crippen molar-refractivity contribution in [3.63, 3.8) is 0 Å². The van der Waals surface area contributed by atoms with Crippen LogP contribution in [-0.4, -0.2) is 9.78 Å². The van der Waals surface area contributed by atoms with Gasteiger partial charge in [-0.3, -0.25) is 0 Å². The van der Waals surface area contributed by atoms with Crippen LogP contribution in [0.2, 0.25) is 0 Å². The summed E-state index contributed by atoms with van der Waals surface area (Å²) in [4.78, 5) is 0. The molecule has 2 aromatic carbocycles. The van der Waals surface area contributed by atoms with Crippen LogP contribution < -0.4 is 5.32 Å². The molecule has 0 amide bonds. The molecule has 0 unspecified atom stereocenters. The van der Waals surface area contributed by atoms with E-state index in [0.29, 0.717) is 6.54 Å². The van der Waals surface area contributed by atoms with Crippen molar-refractivity contribution in [1.82, 2.24) is 9.78 Å². The molecule has 0 aliphatic heterocycles. The first-order chi connectivity index (χ1) is 10.2. The molecule has 106 valence electrons. The molecule has 0 aliphatic carbocycles. The van der Waals surface area contributed by atoms with Gasteiger partial charge < -0.3 is 5.32 Å². The molecule has 3 nitrogen and oxygen atoms in total. The Hall–Kier alpha value is -2.14. The minimum Gasteiger partial charge on any atom is -0.381 e. The summed E-state index contributed by atoms with van der Waals surface area (Å²) in [5, 5.41) is 7.45. The van der Waals surface area contributed by atoms with Crippen LogP contribution in [0.4, 0.5) is 10.1 Å². The maximum atomic E-state index is 13.2. The topological polar surface area (TPSA) is 29.9 Å². The summed E-state index contributed by atoms with van der Waals surface area (Å²) < 4.78 is 15.9. The van der Waals surface area contributed by atoms with Crippen molar-refractivity contribution in [2.75, 3.05) is 5.32 Å². The largest absolute Gasteiger partial charge is 0.381 e. The highest BCUT2D eigenvalue weighted by Gasteiger charge is 2.02. The van der Waals surface area contributed by atoms with E-state index < -0.39 is 0 Å². The van der Waals surface area contributed by atoms with Gasteiger partial charge in [0.1, 0.15) is 5.82 Å². The Morgan fingerprint density at radius 3 is 2.67 bits per heavy atom. The molecule has 0 saturated heterocycles. The fraction of sp³-hybridized carbons (Fsp3) is 0.0625. The molecule has 0 spiro atoms. The fourth-order valence-corrected chi connectivity index (χ4v) is 2.42. The lowest BCUT2D eigenvalue weighted by molar-refractivity contribution is 0.625. The van der Waals surface area contributed by atoms with Gasteiger partial charge in [0.2, 0.25) is 0 Å². The SMILES string of the molecule is Fc1ccc(Br)c(CNc2ccc(-n3cccn3)cc2)c1. The monoisotopic (exact) mass is 345 g/mol. The van der Waals surface area contributed by atoms with Crippen LogP contribution in [0.1, 0.15) is 5.56 Å². The van der Waals surface area contributed by atoms with Crippen molar-refractivity contribution in [3.8, 4) is 5.69 Å². The highest BCUT2D eigenvalue weighted by molar-refractivity contribution is 9.10. The van der Waals surface area contributed by atoms with Gasteiger partial charge in [-0.2, -0.15) is 5.10 Å². The number of nitrogens with zero attached hydrogens (tertiary/aromatic N) is 2. The van der Waals surface area contributed by atoms with Crippen molar-refractivity contribution < 1.29 is 4.39 Å². The van der Waals surface area contributed by atoms with Crippen LogP contribution in [0.5, 0.6) is 0 Å². The summed E-state index contributed by atoms with van der Waals surface area (Å²) in [5.74, 6) is -0.232. The van der Waals surface area contributed by atoms with E-state index in [2.05, 4.69) is 26.3 Å². The van der Waals surface area contributed by atoms with Crippen molar-refractivity contribution >= 4 is 21.6 Å². The summed E-state index contributed by atoms with van der Waals surface area (Å²) in [6.07, 6.45) is 3.64. The number of rotatable bonds is 4. The van der Waals surface area contributed by atoms with E-state index >= 15 is 0 Å². The zero-order valence-electron chi connectivity index (χ0n) is 11.1. The minimum absolute atomic E-state index is 0.232. The van der Waals surface area contributed by atoms with E-state index in [9.17, 15) is 4.39 Å². The van der Waals surface area contributed by atoms with Crippen LogP contribution in [-0.2, 0) is 6.54 Å². The number of halogens is 2. The maximum absolute atomic E-state index is 13.2. The van der Waals surface area contributed by atoms with Gasteiger partial charge in [0, 0.05) is 29.1 Å². The second kappa shape index (κ2) is 6.10. The van der Waals surface area contributed by atoms with Gasteiger partial charge in [-0.15, -0.1) is 0 Å². The smallest absolute Gasteiger partial charge is 0.123 e. The van der Waals surface area contributed by atoms with Crippen molar-refractivity contribution in [3.05, 3.63) is 76.8 Å². The van der Waals surface area contributed by atoms with E-state index in [1.165, 1.54) is 12.1 Å². The number of hydrogen-bond acceptors (Lipinski definition) is 2. The number of benzene rings is 2. The lowest BCUT2D eigenvalue weighted by atomic mass is 10.2. The number of hydrogen-bond donors (Lipinski definition) is 1. The summed E-state index contributed by atoms with van der Waals surface area (Å²) >= 11 is 3.42. The molecule has 0 aliphatic rings. The van der Waals surface area contributed by atoms with Crippen molar-refractivity contribution in [2.24, 2.45) is 0 Å². The van der Waals surface area contributed by atoms with Crippen LogP contribution >= 0.6 is 15.9 Å². The summed E-state index contributed by atoms with van der Waals surface area (Å²) in [7, 11) is 0. The third-order valence-electron chi connectivity index (χ3n) is 3.13. The average Bonchev–Trinajstić information content (AvgIpc) is 3.03. The van der Waals surface area contributed by atoms with E-state index in [4.69, 9.17) is 0 Å².